The standard InChI is InChI=1S/C14H17ClN2S/c1-9(2)17-13(14-16-6-7-18-14)12-5-4-11(15)8-10(12)3/h4-9,13,17H,1-3H3. The summed E-state index contributed by atoms with van der Waals surface area (Å²) in [6, 6.07) is 6.56. The highest BCUT2D eigenvalue weighted by molar-refractivity contribution is 7.09. The largest absolute Gasteiger partial charge is 0.302 e. The topological polar surface area (TPSA) is 24.9 Å². The second-order valence-corrected chi connectivity index (χ2v) is 5.99. The average Bonchev–Trinajstić information content (AvgIpc) is 2.79. The molecule has 4 heteroatoms. The van der Waals surface area contributed by atoms with E-state index in [1.807, 2.05) is 23.7 Å². The lowest BCUT2D eigenvalue weighted by Gasteiger charge is -2.21. The molecule has 1 heterocycles. The summed E-state index contributed by atoms with van der Waals surface area (Å²) in [5.41, 5.74) is 2.43. The van der Waals surface area contributed by atoms with E-state index < -0.39 is 0 Å². The van der Waals surface area contributed by atoms with Crippen LogP contribution in [-0.4, -0.2) is 11.0 Å². The minimum Gasteiger partial charge on any atom is -0.302 e. The summed E-state index contributed by atoms with van der Waals surface area (Å²) in [6.07, 6.45) is 1.85. The summed E-state index contributed by atoms with van der Waals surface area (Å²) in [7, 11) is 0. The number of halogens is 1. The summed E-state index contributed by atoms with van der Waals surface area (Å²) < 4.78 is 0. The Bertz CT molecular complexity index is 509. The molecule has 2 nitrogen and oxygen atoms in total. The molecule has 2 aromatic rings. The van der Waals surface area contributed by atoms with Crippen molar-refractivity contribution in [1.29, 1.82) is 0 Å². The van der Waals surface area contributed by atoms with Gasteiger partial charge in [-0.3, -0.25) is 0 Å². The van der Waals surface area contributed by atoms with Crippen LogP contribution in [0.2, 0.25) is 5.02 Å². The van der Waals surface area contributed by atoms with Crippen LogP contribution in [0.1, 0.15) is 36.0 Å². The van der Waals surface area contributed by atoms with Gasteiger partial charge in [0.2, 0.25) is 0 Å². The van der Waals surface area contributed by atoms with Crippen LogP contribution in [0.5, 0.6) is 0 Å². The molecule has 0 saturated heterocycles. The summed E-state index contributed by atoms with van der Waals surface area (Å²) in [5, 5.41) is 7.44. The van der Waals surface area contributed by atoms with Crippen molar-refractivity contribution in [3.05, 3.63) is 50.9 Å². The molecule has 0 aliphatic rings. The highest BCUT2D eigenvalue weighted by atomic mass is 35.5. The Labute approximate surface area is 117 Å². The van der Waals surface area contributed by atoms with Crippen molar-refractivity contribution < 1.29 is 0 Å². The van der Waals surface area contributed by atoms with Crippen LogP contribution in [0.15, 0.2) is 29.8 Å². The van der Waals surface area contributed by atoms with E-state index >= 15 is 0 Å². The van der Waals surface area contributed by atoms with Gasteiger partial charge in [-0.2, -0.15) is 0 Å². The Morgan fingerprint density at radius 1 is 1.33 bits per heavy atom. The van der Waals surface area contributed by atoms with Gasteiger partial charge in [0, 0.05) is 22.6 Å². The number of benzene rings is 1. The summed E-state index contributed by atoms with van der Waals surface area (Å²) >= 11 is 7.69. The molecule has 0 aliphatic carbocycles. The van der Waals surface area contributed by atoms with Gasteiger partial charge in [-0.1, -0.05) is 17.7 Å². The molecule has 0 saturated carbocycles. The molecule has 1 aromatic carbocycles. The normalized spacial score (nSPS) is 12.9. The van der Waals surface area contributed by atoms with E-state index in [0.717, 1.165) is 10.0 Å². The van der Waals surface area contributed by atoms with E-state index in [1.54, 1.807) is 11.3 Å². The summed E-state index contributed by atoms with van der Waals surface area (Å²) in [4.78, 5) is 4.43. The fraction of sp³-hybridized carbons (Fsp3) is 0.357. The van der Waals surface area contributed by atoms with Crippen LogP contribution in [0.3, 0.4) is 0 Å². The maximum atomic E-state index is 6.02. The number of hydrogen-bond acceptors (Lipinski definition) is 3. The van der Waals surface area contributed by atoms with Gasteiger partial charge < -0.3 is 5.32 Å². The van der Waals surface area contributed by atoms with Gasteiger partial charge in [0.25, 0.3) is 0 Å². The Kier molecular flexibility index (Phi) is 4.38. The number of nitrogens with zero attached hydrogens (tertiary/aromatic N) is 1. The van der Waals surface area contributed by atoms with E-state index in [9.17, 15) is 0 Å². The molecule has 1 unspecified atom stereocenters. The van der Waals surface area contributed by atoms with Crippen molar-refractivity contribution in [2.75, 3.05) is 0 Å². The molecule has 18 heavy (non-hydrogen) atoms. The average molecular weight is 281 g/mol. The van der Waals surface area contributed by atoms with Gasteiger partial charge in [-0.25, -0.2) is 4.98 Å². The maximum absolute atomic E-state index is 6.02. The van der Waals surface area contributed by atoms with Gasteiger partial charge in [-0.05, 0) is 44.0 Å². The molecule has 1 N–H and O–H groups in total. The van der Waals surface area contributed by atoms with E-state index in [-0.39, 0.29) is 6.04 Å². The van der Waals surface area contributed by atoms with Crippen LogP contribution in [-0.2, 0) is 0 Å². The molecule has 1 atom stereocenters. The zero-order valence-electron chi connectivity index (χ0n) is 10.8. The van der Waals surface area contributed by atoms with Crippen LogP contribution >= 0.6 is 22.9 Å². The van der Waals surface area contributed by atoms with Crippen molar-refractivity contribution in [2.24, 2.45) is 0 Å². The second-order valence-electron chi connectivity index (χ2n) is 4.63. The van der Waals surface area contributed by atoms with Gasteiger partial charge in [0.15, 0.2) is 0 Å². The van der Waals surface area contributed by atoms with Crippen molar-refractivity contribution in [2.45, 2.75) is 32.9 Å². The van der Waals surface area contributed by atoms with Crippen molar-refractivity contribution in [3.63, 3.8) is 0 Å². The monoisotopic (exact) mass is 280 g/mol. The molecule has 1 aromatic heterocycles. The van der Waals surface area contributed by atoms with Gasteiger partial charge in [0.05, 0.1) is 6.04 Å². The molecule has 96 valence electrons. The molecule has 0 aliphatic heterocycles. The number of aromatic nitrogens is 1. The van der Waals surface area contributed by atoms with Gasteiger partial charge in [-0.15, -0.1) is 11.3 Å². The summed E-state index contributed by atoms with van der Waals surface area (Å²) in [5.74, 6) is 0. The fourth-order valence-corrected chi connectivity index (χ4v) is 2.91. The SMILES string of the molecule is Cc1cc(Cl)ccc1C(NC(C)C)c1nccs1. The first-order chi connectivity index (χ1) is 8.58. The first-order valence-corrected chi connectivity index (χ1v) is 7.25. The van der Waals surface area contributed by atoms with Crippen LogP contribution in [0, 0.1) is 6.92 Å². The number of aryl methyl sites for hydroxylation is 1. The van der Waals surface area contributed by atoms with E-state index in [0.29, 0.717) is 6.04 Å². The lowest BCUT2D eigenvalue weighted by molar-refractivity contribution is 0.525. The number of rotatable bonds is 4. The zero-order valence-corrected chi connectivity index (χ0v) is 12.3. The predicted octanol–water partition coefficient (Wildman–Crippen LogP) is 4.19. The smallest absolute Gasteiger partial charge is 0.114 e. The lowest BCUT2D eigenvalue weighted by atomic mass is 10.0. The summed E-state index contributed by atoms with van der Waals surface area (Å²) in [6.45, 7) is 6.38. The molecule has 0 bridgehead atoms. The third-order valence-electron chi connectivity index (χ3n) is 2.74. The van der Waals surface area contributed by atoms with Crippen LogP contribution < -0.4 is 5.32 Å². The van der Waals surface area contributed by atoms with Crippen molar-refractivity contribution in [3.8, 4) is 0 Å². The Morgan fingerprint density at radius 3 is 2.67 bits per heavy atom. The highest BCUT2D eigenvalue weighted by Crippen LogP contribution is 2.28. The van der Waals surface area contributed by atoms with Crippen molar-refractivity contribution in [1.82, 2.24) is 10.3 Å². The van der Waals surface area contributed by atoms with E-state index in [4.69, 9.17) is 11.6 Å². The second kappa shape index (κ2) is 5.83. The van der Waals surface area contributed by atoms with Gasteiger partial charge in [0.1, 0.15) is 5.01 Å². The quantitative estimate of drug-likeness (QED) is 0.908. The lowest BCUT2D eigenvalue weighted by Crippen LogP contribution is -2.29. The molecule has 0 radical (unpaired) electrons. The van der Waals surface area contributed by atoms with Crippen LogP contribution in [0.25, 0.3) is 0 Å². The minimum absolute atomic E-state index is 0.141. The third kappa shape index (κ3) is 3.10. The van der Waals surface area contributed by atoms with E-state index in [2.05, 4.69) is 37.1 Å². The maximum Gasteiger partial charge on any atom is 0.114 e. The zero-order chi connectivity index (χ0) is 13.1. The Balaban J connectivity index is 2.40. The number of hydrogen-bond donors (Lipinski definition) is 1. The molecule has 2 rings (SSSR count). The van der Waals surface area contributed by atoms with Gasteiger partial charge >= 0.3 is 0 Å². The highest BCUT2D eigenvalue weighted by Gasteiger charge is 2.19. The first-order valence-electron chi connectivity index (χ1n) is 5.99. The molecular weight excluding hydrogens is 264 g/mol. The first kappa shape index (κ1) is 13.5. The Hall–Kier alpha value is -0.900. The van der Waals surface area contributed by atoms with Crippen molar-refractivity contribution >= 4 is 22.9 Å². The molecule has 0 spiro atoms. The fourth-order valence-electron chi connectivity index (χ4n) is 1.97. The molecular formula is C14H17ClN2S. The third-order valence-corrected chi connectivity index (χ3v) is 3.82. The molecule has 0 fully saturated rings. The number of nitrogens with one attached hydrogen (secondary N) is 1. The number of thiazole rings is 1. The Morgan fingerprint density at radius 2 is 2.11 bits per heavy atom. The van der Waals surface area contributed by atoms with Crippen LogP contribution in [0.4, 0.5) is 0 Å². The predicted molar refractivity (Wildman–Crippen MR) is 78.4 cm³/mol. The minimum atomic E-state index is 0.141. The van der Waals surface area contributed by atoms with E-state index in [1.165, 1.54) is 11.1 Å². The molecule has 0 amide bonds.